The number of fused-ring (bicyclic) bond motifs is 9. The van der Waals surface area contributed by atoms with E-state index in [0.29, 0.717) is 5.82 Å². The molecule has 57 heavy (non-hydrogen) atoms. The number of aromatic nitrogens is 4. The van der Waals surface area contributed by atoms with Crippen molar-refractivity contribution in [3.63, 3.8) is 0 Å². The van der Waals surface area contributed by atoms with E-state index in [1.807, 2.05) is 6.07 Å². The highest BCUT2D eigenvalue weighted by Crippen LogP contribution is 2.49. The first-order valence-corrected chi connectivity index (χ1v) is 20.6. The molecule has 0 aliphatic heterocycles. The van der Waals surface area contributed by atoms with Gasteiger partial charge in [-0.2, -0.15) is 0 Å². The Balaban J connectivity index is 1.12. The molecule has 278 valence electrons. The van der Waals surface area contributed by atoms with Crippen LogP contribution in [0.2, 0.25) is 0 Å². The molecule has 11 rings (SSSR count). The van der Waals surface area contributed by atoms with Crippen molar-refractivity contribution >= 4 is 60.6 Å². The number of rotatable bonds is 4. The zero-order chi connectivity index (χ0) is 38.5. The zero-order valence-corrected chi connectivity index (χ0v) is 33.2. The van der Waals surface area contributed by atoms with Gasteiger partial charge >= 0.3 is 0 Å². The Labute approximate surface area is 334 Å². The highest BCUT2D eigenvalue weighted by Gasteiger charge is 2.38. The summed E-state index contributed by atoms with van der Waals surface area (Å²) in [6.45, 7) is 9.73. The Hall–Kier alpha value is -6.13. The van der Waals surface area contributed by atoms with Gasteiger partial charge in [-0.15, -0.1) is 0 Å². The molecule has 4 heteroatoms. The van der Waals surface area contributed by atoms with Crippen LogP contribution < -0.4 is 0 Å². The van der Waals surface area contributed by atoms with E-state index in [2.05, 4.69) is 166 Å². The van der Waals surface area contributed by atoms with Crippen molar-refractivity contribution in [2.75, 3.05) is 0 Å². The Morgan fingerprint density at radius 1 is 0.596 bits per heavy atom. The molecule has 0 spiro atoms. The predicted octanol–water partition coefficient (Wildman–Crippen LogP) is 13.4. The van der Waals surface area contributed by atoms with Crippen LogP contribution in [-0.4, -0.2) is 19.5 Å². The summed E-state index contributed by atoms with van der Waals surface area (Å²) in [6, 6.07) is 42.3. The fraction of sp³-hybridized carbons (Fsp3) is 0.226. The fourth-order valence-corrected chi connectivity index (χ4v) is 9.99. The van der Waals surface area contributed by atoms with Gasteiger partial charge in [0, 0.05) is 32.8 Å². The third-order valence-electron chi connectivity index (χ3n) is 13.3. The number of benzene rings is 6. The number of hydrogen-bond acceptors (Lipinski definition) is 3. The molecule has 1 unspecified atom stereocenters. The van der Waals surface area contributed by atoms with Crippen molar-refractivity contribution in [3.8, 4) is 11.4 Å². The zero-order valence-electron chi connectivity index (χ0n) is 33.2. The molecule has 4 nitrogen and oxygen atoms in total. The molecule has 1 atom stereocenters. The minimum absolute atomic E-state index is 0.0705. The second kappa shape index (κ2) is 12.7. The summed E-state index contributed by atoms with van der Waals surface area (Å²) in [5.74, 6) is 2.18. The molecule has 2 heterocycles. The van der Waals surface area contributed by atoms with Crippen molar-refractivity contribution in [2.24, 2.45) is 0 Å². The van der Waals surface area contributed by atoms with Crippen LogP contribution in [0.4, 0.5) is 0 Å². The minimum Gasteiger partial charge on any atom is -0.333 e. The predicted molar refractivity (Wildman–Crippen MR) is 238 cm³/mol. The Morgan fingerprint density at radius 3 is 2.07 bits per heavy atom. The van der Waals surface area contributed by atoms with Crippen LogP contribution in [0.15, 0.2) is 133 Å². The van der Waals surface area contributed by atoms with Crippen LogP contribution >= 0.6 is 0 Å². The van der Waals surface area contributed by atoms with E-state index in [4.69, 9.17) is 15.0 Å². The highest BCUT2D eigenvalue weighted by molar-refractivity contribution is 6.18. The third-order valence-corrected chi connectivity index (χ3v) is 13.3. The molecule has 6 aromatic carbocycles. The number of allylic oxidation sites excluding steroid dienone is 5. The summed E-state index contributed by atoms with van der Waals surface area (Å²) in [4.78, 5) is 15.7. The van der Waals surface area contributed by atoms with Crippen molar-refractivity contribution in [2.45, 2.75) is 76.7 Å². The van der Waals surface area contributed by atoms with Crippen molar-refractivity contribution < 1.29 is 0 Å². The first-order chi connectivity index (χ1) is 27.7. The average molecular weight is 739 g/mol. The maximum atomic E-state index is 5.32. The largest absolute Gasteiger partial charge is 0.333 e. The molecule has 0 saturated carbocycles. The van der Waals surface area contributed by atoms with Crippen molar-refractivity contribution in [3.05, 3.63) is 167 Å². The normalized spacial score (nSPS) is 18.4. The SMILES string of the molecule is CC1(C)CCC(C)(C)c2cc3c(cc21)c1ccc2ccccc2c1n3C1C=C(c2nc(C3=Cc4c(ccc5ccccc45)CC3)nc(-c3ccccc3)n2)C=CC1. The topological polar surface area (TPSA) is 43.6 Å². The molecule has 0 N–H and O–H groups in total. The lowest BCUT2D eigenvalue weighted by Gasteiger charge is -2.42. The van der Waals surface area contributed by atoms with Gasteiger partial charge in [0.25, 0.3) is 0 Å². The molecular weight excluding hydrogens is 693 g/mol. The van der Waals surface area contributed by atoms with E-state index < -0.39 is 0 Å². The van der Waals surface area contributed by atoms with E-state index in [1.165, 1.54) is 78.4 Å². The quantitative estimate of drug-likeness (QED) is 0.181. The summed E-state index contributed by atoms with van der Waals surface area (Å²) in [6.07, 6.45) is 14.4. The summed E-state index contributed by atoms with van der Waals surface area (Å²) in [5.41, 5.74) is 11.7. The van der Waals surface area contributed by atoms with Gasteiger partial charge in [0.1, 0.15) is 0 Å². The van der Waals surface area contributed by atoms with Crippen LogP contribution in [0.1, 0.15) is 93.3 Å². The van der Waals surface area contributed by atoms with Crippen LogP contribution in [0.5, 0.6) is 0 Å². The molecule has 0 bridgehead atoms. The summed E-state index contributed by atoms with van der Waals surface area (Å²) in [7, 11) is 0. The Bertz CT molecular complexity index is 3050. The van der Waals surface area contributed by atoms with Gasteiger partial charge in [-0.3, -0.25) is 0 Å². The molecule has 3 aliphatic carbocycles. The van der Waals surface area contributed by atoms with Crippen molar-refractivity contribution in [1.82, 2.24) is 19.5 Å². The molecule has 2 aromatic heterocycles. The van der Waals surface area contributed by atoms with Gasteiger partial charge in [-0.25, -0.2) is 15.0 Å². The van der Waals surface area contributed by atoms with Gasteiger partial charge in [-0.1, -0.05) is 149 Å². The highest BCUT2D eigenvalue weighted by atomic mass is 15.0. The van der Waals surface area contributed by atoms with Gasteiger partial charge in [0.15, 0.2) is 17.5 Å². The number of hydrogen-bond donors (Lipinski definition) is 0. The second-order valence-electron chi connectivity index (χ2n) is 17.8. The monoisotopic (exact) mass is 738 g/mol. The lowest BCUT2D eigenvalue weighted by molar-refractivity contribution is 0.332. The van der Waals surface area contributed by atoms with Crippen molar-refractivity contribution in [1.29, 1.82) is 0 Å². The maximum Gasteiger partial charge on any atom is 0.164 e. The number of aryl methyl sites for hydroxylation is 1. The minimum atomic E-state index is 0.0705. The van der Waals surface area contributed by atoms with E-state index in [1.54, 1.807) is 0 Å². The van der Waals surface area contributed by atoms with Crippen LogP contribution in [0, 0.1) is 0 Å². The summed E-state index contributed by atoms with van der Waals surface area (Å²) >= 11 is 0. The summed E-state index contributed by atoms with van der Waals surface area (Å²) in [5, 5.41) is 7.75. The van der Waals surface area contributed by atoms with Gasteiger partial charge in [0.05, 0.1) is 11.6 Å². The van der Waals surface area contributed by atoms with Gasteiger partial charge in [0.2, 0.25) is 0 Å². The van der Waals surface area contributed by atoms with Crippen LogP contribution in [0.3, 0.4) is 0 Å². The second-order valence-corrected chi connectivity index (χ2v) is 17.8. The third kappa shape index (κ3) is 5.52. The molecule has 0 amide bonds. The molecule has 3 aliphatic rings. The standard InChI is InChI=1S/C53H46N4/c1-52(2)27-28-53(3,4)46-32-47-44(31-45(46)52)42-26-25-34-14-9-11-20-41(34)48(42)57(47)39-18-12-17-37(29-39)50-54-49(36-15-6-5-7-16-36)55-51(56-50)38-24-23-35-22-21-33-13-8-10-19-40(33)43(35)30-38/h5-17,19-22,25-26,29-32,39H,18,23-24,27-28H2,1-4H3. The van der Waals surface area contributed by atoms with E-state index in [-0.39, 0.29) is 16.9 Å². The van der Waals surface area contributed by atoms with E-state index in [0.717, 1.165) is 47.6 Å². The van der Waals surface area contributed by atoms with E-state index in [9.17, 15) is 0 Å². The molecular formula is C53H46N4. The van der Waals surface area contributed by atoms with E-state index >= 15 is 0 Å². The Morgan fingerprint density at radius 2 is 1.26 bits per heavy atom. The Kier molecular flexibility index (Phi) is 7.60. The lowest BCUT2D eigenvalue weighted by Crippen LogP contribution is -2.33. The lowest BCUT2D eigenvalue weighted by atomic mass is 9.63. The first-order valence-electron chi connectivity index (χ1n) is 20.6. The summed E-state index contributed by atoms with van der Waals surface area (Å²) < 4.78 is 2.64. The smallest absolute Gasteiger partial charge is 0.164 e. The molecule has 0 saturated heterocycles. The molecule has 0 radical (unpaired) electrons. The fourth-order valence-electron chi connectivity index (χ4n) is 9.99. The average Bonchev–Trinajstić information content (AvgIpc) is 3.59. The maximum absolute atomic E-state index is 5.32. The molecule has 8 aromatic rings. The van der Waals surface area contributed by atoms with Gasteiger partial charge in [-0.05, 0) is 105 Å². The van der Waals surface area contributed by atoms with Crippen LogP contribution in [-0.2, 0) is 17.3 Å². The van der Waals surface area contributed by atoms with Gasteiger partial charge < -0.3 is 4.57 Å². The molecule has 0 fully saturated rings. The first kappa shape index (κ1) is 34.1. The number of nitrogens with zero attached hydrogens (tertiary/aromatic N) is 4. The van der Waals surface area contributed by atoms with Crippen LogP contribution in [0.25, 0.3) is 72.0 Å².